The van der Waals surface area contributed by atoms with E-state index in [9.17, 15) is 4.79 Å². The Bertz CT molecular complexity index is 156. The molecule has 1 unspecified atom stereocenters. The van der Waals surface area contributed by atoms with Crippen LogP contribution in [0.2, 0.25) is 0 Å². The van der Waals surface area contributed by atoms with Gasteiger partial charge in [-0.05, 0) is 26.2 Å². The second-order valence-corrected chi connectivity index (χ2v) is 3.21. The van der Waals surface area contributed by atoms with Gasteiger partial charge in [0.2, 0.25) is 0 Å². The summed E-state index contributed by atoms with van der Waals surface area (Å²) in [6.07, 6.45) is 3.59. The van der Waals surface area contributed by atoms with E-state index < -0.39 is 0 Å². The maximum Gasteiger partial charge on any atom is 0.314 e. The van der Waals surface area contributed by atoms with Crippen molar-refractivity contribution >= 4 is 6.03 Å². The summed E-state index contributed by atoms with van der Waals surface area (Å²) >= 11 is 0. The SMILES string of the molecule is CCNC(=O)NCCC1CCCO1. The van der Waals surface area contributed by atoms with Gasteiger partial charge in [-0.3, -0.25) is 0 Å². The lowest BCUT2D eigenvalue weighted by Gasteiger charge is -2.09. The maximum absolute atomic E-state index is 11.0. The van der Waals surface area contributed by atoms with E-state index in [0.717, 1.165) is 25.9 Å². The molecule has 0 aromatic heterocycles. The van der Waals surface area contributed by atoms with Gasteiger partial charge in [-0.15, -0.1) is 0 Å². The lowest BCUT2D eigenvalue weighted by Crippen LogP contribution is -2.36. The summed E-state index contributed by atoms with van der Waals surface area (Å²) in [5, 5.41) is 5.46. The highest BCUT2D eigenvalue weighted by Gasteiger charge is 2.14. The van der Waals surface area contributed by atoms with Crippen LogP contribution in [-0.2, 0) is 4.74 Å². The number of urea groups is 1. The van der Waals surface area contributed by atoms with Crippen LogP contribution in [0.1, 0.15) is 26.2 Å². The summed E-state index contributed by atoms with van der Waals surface area (Å²) in [4.78, 5) is 11.0. The zero-order chi connectivity index (χ0) is 9.52. The molecule has 1 aliphatic heterocycles. The Morgan fingerprint density at radius 2 is 2.38 bits per heavy atom. The normalized spacial score (nSPS) is 21.5. The average molecular weight is 186 g/mol. The summed E-state index contributed by atoms with van der Waals surface area (Å²) in [5.41, 5.74) is 0. The van der Waals surface area contributed by atoms with Gasteiger partial charge in [0.25, 0.3) is 0 Å². The molecule has 0 saturated carbocycles. The van der Waals surface area contributed by atoms with Crippen LogP contribution in [0.25, 0.3) is 0 Å². The Morgan fingerprint density at radius 1 is 1.54 bits per heavy atom. The lowest BCUT2D eigenvalue weighted by atomic mass is 10.2. The molecule has 0 aromatic carbocycles. The molecule has 76 valence electrons. The monoisotopic (exact) mass is 186 g/mol. The summed E-state index contributed by atoms with van der Waals surface area (Å²) in [6, 6.07) is -0.0829. The van der Waals surface area contributed by atoms with Crippen molar-refractivity contribution in [2.24, 2.45) is 0 Å². The molecule has 0 aromatic rings. The van der Waals surface area contributed by atoms with E-state index in [1.807, 2.05) is 6.92 Å². The van der Waals surface area contributed by atoms with E-state index >= 15 is 0 Å². The average Bonchev–Trinajstić information content (AvgIpc) is 2.57. The Hall–Kier alpha value is -0.770. The van der Waals surface area contributed by atoms with Crippen LogP contribution in [0.4, 0.5) is 4.79 Å². The van der Waals surface area contributed by atoms with E-state index in [1.165, 1.54) is 0 Å². The van der Waals surface area contributed by atoms with Crippen molar-refractivity contribution < 1.29 is 9.53 Å². The summed E-state index contributed by atoms with van der Waals surface area (Å²) in [6.45, 7) is 4.16. The smallest absolute Gasteiger partial charge is 0.314 e. The van der Waals surface area contributed by atoms with Gasteiger partial charge in [0.1, 0.15) is 0 Å². The number of carbonyl (C=O) groups excluding carboxylic acids is 1. The third-order valence-corrected chi connectivity index (χ3v) is 2.11. The first-order chi connectivity index (χ1) is 6.33. The highest BCUT2D eigenvalue weighted by atomic mass is 16.5. The standard InChI is InChI=1S/C9H18N2O2/c1-2-10-9(12)11-6-5-8-4-3-7-13-8/h8H,2-7H2,1H3,(H2,10,11,12). The molecule has 2 amide bonds. The van der Waals surface area contributed by atoms with Crippen LogP contribution in [0.15, 0.2) is 0 Å². The zero-order valence-electron chi connectivity index (χ0n) is 8.14. The van der Waals surface area contributed by atoms with Crippen molar-refractivity contribution in [2.45, 2.75) is 32.3 Å². The molecule has 1 rings (SSSR count). The van der Waals surface area contributed by atoms with Crippen LogP contribution in [0.3, 0.4) is 0 Å². The lowest BCUT2D eigenvalue weighted by molar-refractivity contribution is 0.104. The molecule has 0 radical (unpaired) electrons. The van der Waals surface area contributed by atoms with Crippen molar-refractivity contribution in [3.8, 4) is 0 Å². The molecule has 4 nitrogen and oxygen atoms in total. The van der Waals surface area contributed by atoms with Crippen molar-refractivity contribution in [2.75, 3.05) is 19.7 Å². The highest BCUT2D eigenvalue weighted by molar-refractivity contribution is 5.73. The van der Waals surface area contributed by atoms with Gasteiger partial charge in [-0.25, -0.2) is 4.79 Å². The van der Waals surface area contributed by atoms with Crippen molar-refractivity contribution in [3.63, 3.8) is 0 Å². The second-order valence-electron chi connectivity index (χ2n) is 3.21. The number of carbonyl (C=O) groups is 1. The third-order valence-electron chi connectivity index (χ3n) is 2.11. The summed E-state index contributed by atoms with van der Waals surface area (Å²) in [5.74, 6) is 0. The van der Waals surface area contributed by atoms with E-state index in [0.29, 0.717) is 19.2 Å². The van der Waals surface area contributed by atoms with Crippen molar-refractivity contribution in [1.29, 1.82) is 0 Å². The number of amides is 2. The third kappa shape index (κ3) is 4.12. The predicted molar refractivity (Wildman–Crippen MR) is 50.7 cm³/mol. The van der Waals surface area contributed by atoms with Gasteiger partial charge in [-0.1, -0.05) is 0 Å². The Labute approximate surface area is 79.0 Å². The Kier molecular flexibility index (Phi) is 4.60. The molecule has 13 heavy (non-hydrogen) atoms. The highest BCUT2D eigenvalue weighted by Crippen LogP contribution is 2.14. The molecular weight excluding hydrogens is 168 g/mol. The Morgan fingerprint density at radius 3 is 3.00 bits per heavy atom. The minimum absolute atomic E-state index is 0.0829. The van der Waals surface area contributed by atoms with Crippen LogP contribution in [0.5, 0.6) is 0 Å². The zero-order valence-corrected chi connectivity index (χ0v) is 8.14. The van der Waals surface area contributed by atoms with E-state index in [4.69, 9.17) is 4.74 Å². The molecule has 4 heteroatoms. The maximum atomic E-state index is 11.0. The largest absolute Gasteiger partial charge is 0.378 e. The molecule has 2 N–H and O–H groups in total. The molecule has 1 saturated heterocycles. The fraction of sp³-hybridized carbons (Fsp3) is 0.889. The second kappa shape index (κ2) is 5.80. The summed E-state index contributed by atoms with van der Waals surface area (Å²) < 4.78 is 5.42. The van der Waals surface area contributed by atoms with Gasteiger partial charge in [-0.2, -0.15) is 0 Å². The first-order valence-corrected chi connectivity index (χ1v) is 4.96. The molecule has 1 heterocycles. The van der Waals surface area contributed by atoms with Crippen LogP contribution < -0.4 is 10.6 Å². The van der Waals surface area contributed by atoms with Gasteiger partial charge in [0, 0.05) is 19.7 Å². The minimum atomic E-state index is -0.0829. The van der Waals surface area contributed by atoms with Gasteiger partial charge in [0.05, 0.1) is 6.10 Å². The van der Waals surface area contributed by atoms with Gasteiger partial charge < -0.3 is 15.4 Å². The molecule has 0 bridgehead atoms. The van der Waals surface area contributed by atoms with Gasteiger partial charge >= 0.3 is 6.03 Å². The first kappa shape index (κ1) is 10.3. The predicted octanol–water partition coefficient (Wildman–Crippen LogP) is 0.875. The molecule has 1 aliphatic rings. The van der Waals surface area contributed by atoms with Crippen molar-refractivity contribution in [1.82, 2.24) is 10.6 Å². The topological polar surface area (TPSA) is 50.4 Å². The van der Waals surface area contributed by atoms with E-state index in [-0.39, 0.29) is 6.03 Å². The molecule has 1 atom stereocenters. The summed E-state index contributed by atoms with van der Waals surface area (Å²) in [7, 11) is 0. The van der Waals surface area contributed by atoms with Crippen LogP contribution >= 0.6 is 0 Å². The number of hydrogen-bond donors (Lipinski definition) is 2. The van der Waals surface area contributed by atoms with Crippen molar-refractivity contribution in [3.05, 3.63) is 0 Å². The number of nitrogens with one attached hydrogen (secondary N) is 2. The minimum Gasteiger partial charge on any atom is -0.378 e. The fourth-order valence-electron chi connectivity index (χ4n) is 1.44. The van der Waals surface area contributed by atoms with Gasteiger partial charge in [0.15, 0.2) is 0 Å². The van der Waals surface area contributed by atoms with Crippen LogP contribution in [0, 0.1) is 0 Å². The molecule has 1 fully saturated rings. The molecule has 0 aliphatic carbocycles. The number of ether oxygens (including phenoxy) is 1. The number of hydrogen-bond acceptors (Lipinski definition) is 2. The molecular formula is C9H18N2O2. The van der Waals surface area contributed by atoms with E-state index in [1.54, 1.807) is 0 Å². The van der Waals surface area contributed by atoms with E-state index in [2.05, 4.69) is 10.6 Å². The fourth-order valence-corrected chi connectivity index (χ4v) is 1.44. The number of rotatable bonds is 4. The van der Waals surface area contributed by atoms with Crippen LogP contribution in [-0.4, -0.2) is 31.8 Å². The Balaban J connectivity index is 1.96. The quantitative estimate of drug-likeness (QED) is 0.684. The first-order valence-electron chi connectivity index (χ1n) is 4.96. The molecule has 0 spiro atoms.